The van der Waals surface area contributed by atoms with Gasteiger partial charge < -0.3 is 10.0 Å². The van der Waals surface area contributed by atoms with Crippen LogP contribution in [0.15, 0.2) is 0 Å². The van der Waals surface area contributed by atoms with Crippen LogP contribution < -0.4 is 0 Å². The van der Waals surface area contributed by atoms with Gasteiger partial charge in [-0.25, -0.2) is 0 Å². The molecule has 120 valence electrons. The third-order valence-electron chi connectivity index (χ3n) is 5.06. The number of carbonyl (C=O) groups excluding carboxylic acids is 1. The normalized spacial score (nSPS) is 23.4. The van der Waals surface area contributed by atoms with Crippen molar-refractivity contribution < 1.29 is 14.7 Å². The number of carbonyl (C=O) groups is 2. The summed E-state index contributed by atoms with van der Waals surface area (Å²) in [5.41, 5.74) is 0. The Morgan fingerprint density at radius 2 is 1.67 bits per heavy atom. The summed E-state index contributed by atoms with van der Waals surface area (Å²) in [4.78, 5) is 24.9. The van der Waals surface area contributed by atoms with Gasteiger partial charge in [-0.3, -0.25) is 9.59 Å². The zero-order valence-electron chi connectivity index (χ0n) is 13.1. The smallest absolute Gasteiger partial charge is 0.303 e. The van der Waals surface area contributed by atoms with Crippen LogP contribution in [-0.4, -0.2) is 34.5 Å². The van der Waals surface area contributed by atoms with Gasteiger partial charge in [-0.1, -0.05) is 32.1 Å². The topological polar surface area (TPSA) is 57.6 Å². The number of unbranched alkanes of at least 4 members (excludes halogenated alkanes) is 1. The molecule has 21 heavy (non-hydrogen) atoms. The molecule has 1 saturated heterocycles. The Morgan fingerprint density at radius 3 is 2.38 bits per heavy atom. The molecule has 2 aliphatic rings. The highest BCUT2D eigenvalue weighted by Gasteiger charge is 2.30. The fourth-order valence-electron chi connectivity index (χ4n) is 3.91. The van der Waals surface area contributed by atoms with Crippen molar-refractivity contribution in [3.8, 4) is 0 Å². The maximum atomic E-state index is 12.3. The number of likely N-dealkylation sites (tertiary alicyclic amines) is 1. The Kier molecular flexibility index (Phi) is 6.52. The quantitative estimate of drug-likeness (QED) is 0.730. The van der Waals surface area contributed by atoms with Crippen LogP contribution >= 0.6 is 0 Å². The lowest BCUT2D eigenvalue weighted by Gasteiger charge is -2.30. The molecular formula is C17H29NO3. The molecule has 2 fully saturated rings. The maximum absolute atomic E-state index is 12.3. The number of nitrogens with zero attached hydrogens (tertiary/aromatic N) is 1. The summed E-state index contributed by atoms with van der Waals surface area (Å²) >= 11 is 0. The van der Waals surface area contributed by atoms with Gasteiger partial charge in [0.05, 0.1) is 0 Å². The zero-order chi connectivity index (χ0) is 15.1. The van der Waals surface area contributed by atoms with Gasteiger partial charge in [0.2, 0.25) is 5.91 Å². The average Bonchev–Trinajstić information content (AvgIpc) is 2.92. The molecule has 0 spiro atoms. The lowest BCUT2D eigenvalue weighted by molar-refractivity contribution is -0.137. The van der Waals surface area contributed by atoms with Gasteiger partial charge in [-0.05, 0) is 38.0 Å². The van der Waals surface area contributed by atoms with Crippen molar-refractivity contribution in [3.05, 3.63) is 0 Å². The number of amides is 1. The Balaban J connectivity index is 1.72. The van der Waals surface area contributed by atoms with Crippen LogP contribution in [0.2, 0.25) is 0 Å². The standard InChI is InChI=1S/C17H29NO3/c19-16(10-4-5-11-17(20)21)18-12-6-9-15(18)13-14-7-2-1-3-8-14/h14-15H,1-13H2,(H,20,21). The summed E-state index contributed by atoms with van der Waals surface area (Å²) in [5, 5.41) is 8.62. The van der Waals surface area contributed by atoms with Gasteiger partial charge in [0, 0.05) is 25.4 Å². The summed E-state index contributed by atoms with van der Waals surface area (Å²) in [5.74, 6) is 0.307. The van der Waals surface area contributed by atoms with E-state index in [1.165, 1.54) is 38.5 Å². The fourth-order valence-corrected chi connectivity index (χ4v) is 3.91. The number of rotatable bonds is 7. The van der Waals surface area contributed by atoms with E-state index in [1.54, 1.807) is 0 Å². The minimum Gasteiger partial charge on any atom is -0.481 e. The first-order chi connectivity index (χ1) is 10.2. The molecule has 0 bridgehead atoms. The first kappa shape index (κ1) is 16.3. The molecule has 1 heterocycles. The molecule has 0 aromatic rings. The van der Waals surface area contributed by atoms with Crippen molar-refractivity contribution in [1.82, 2.24) is 4.90 Å². The van der Waals surface area contributed by atoms with E-state index in [1.807, 2.05) is 0 Å². The van der Waals surface area contributed by atoms with E-state index in [4.69, 9.17) is 5.11 Å². The van der Waals surface area contributed by atoms with Crippen molar-refractivity contribution in [1.29, 1.82) is 0 Å². The lowest BCUT2D eigenvalue weighted by atomic mass is 9.84. The predicted molar refractivity (Wildman–Crippen MR) is 82.0 cm³/mol. The molecule has 1 amide bonds. The second-order valence-electron chi connectivity index (χ2n) is 6.72. The van der Waals surface area contributed by atoms with Gasteiger partial charge in [0.15, 0.2) is 0 Å². The van der Waals surface area contributed by atoms with E-state index in [-0.39, 0.29) is 12.3 Å². The molecule has 0 aromatic heterocycles. The summed E-state index contributed by atoms with van der Waals surface area (Å²) in [7, 11) is 0. The lowest BCUT2D eigenvalue weighted by Crippen LogP contribution is -2.36. The molecule has 4 heteroatoms. The number of hydrogen-bond donors (Lipinski definition) is 1. The van der Waals surface area contributed by atoms with Crippen LogP contribution in [0.3, 0.4) is 0 Å². The van der Waals surface area contributed by atoms with Crippen molar-refractivity contribution in [2.24, 2.45) is 5.92 Å². The van der Waals surface area contributed by atoms with E-state index in [2.05, 4.69) is 4.90 Å². The molecule has 1 atom stereocenters. The number of carboxylic acid groups (broad SMARTS) is 1. The molecule has 1 aliphatic carbocycles. The number of carboxylic acids is 1. The third kappa shape index (κ3) is 5.33. The fraction of sp³-hybridized carbons (Fsp3) is 0.882. The third-order valence-corrected chi connectivity index (χ3v) is 5.06. The summed E-state index contributed by atoms with van der Waals surface area (Å²) in [6.45, 7) is 0.912. The molecule has 1 aliphatic heterocycles. The van der Waals surface area contributed by atoms with E-state index < -0.39 is 5.97 Å². The van der Waals surface area contributed by atoms with Crippen LogP contribution in [-0.2, 0) is 9.59 Å². The van der Waals surface area contributed by atoms with Crippen LogP contribution in [0.4, 0.5) is 0 Å². The van der Waals surface area contributed by atoms with Gasteiger partial charge in [-0.15, -0.1) is 0 Å². The highest BCUT2D eigenvalue weighted by molar-refractivity contribution is 5.76. The highest BCUT2D eigenvalue weighted by atomic mass is 16.4. The zero-order valence-corrected chi connectivity index (χ0v) is 13.1. The number of hydrogen-bond acceptors (Lipinski definition) is 2. The van der Waals surface area contributed by atoms with Crippen LogP contribution in [0.1, 0.15) is 77.0 Å². The van der Waals surface area contributed by atoms with Crippen LogP contribution in [0.25, 0.3) is 0 Å². The summed E-state index contributed by atoms with van der Waals surface area (Å²) < 4.78 is 0. The van der Waals surface area contributed by atoms with Crippen LogP contribution in [0.5, 0.6) is 0 Å². The van der Waals surface area contributed by atoms with Crippen LogP contribution in [0, 0.1) is 5.92 Å². The second kappa shape index (κ2) is 8.40. The predicted octanol–water partition coefficient (Wildman–Crippen LogP) is 3.59. The minimum atomic E-state index is -0.765. The monoisotopic (exact) mass is 295 g/mol. The average molecular weight is 295 g/mol. The molecule has 4 nitrogen and oxygen atoms in total. The summed E-state index contributed by atoms with van der Waals surface area (Å²) in [6.07, 6.45) is 12.3. The first-order valence-electron chi connectivity index (χ1n) is 8.68. The van der Waals surface area contributed by atoms with Crippen molar-refractivity contribution in [3.63, 3.8) is 0 Å². The largest absolute Gasteiger partial charge is 0.481 e. The second-order valence-corrected chi connectivity index (χ2v) is 6.72. The molecule has 2 rings (SSSR count). The molecular weight excluding hydrogens is 266 g/mol. The SMILES string of the molecule is O=C(O)CCCCC(=O)N1CCCC1CC1CCCCC1. The van der Waals surface area contributed by atoms with Gasteiger partial charge >= 0.3 is 5.97 Å². The molecule has 1 unspecified atom stereocenters. The van der Waals surface area contributed by atoms with E-state index in [0.717, 1.165) is 25.3 Å². The van der Waals surface area contributed by atoms with Crippen molar-refractivity contribution in [2.45, 2.75) is 83.1 Å². The Hall–Kier alpha value is -1.06. The minimum absolute atomic E-state index is 0.179. The first-order valence-corrected chi connectivity index (χ1v) is 8.68. The van der Waals surface area contributed by atoms with Gasteiger partial charge in [0.25, 0.3) is 0 Å². The Bertz CT molecular complexity index is 350. The maximum Gasteiger partial charge on any atom is 0.303 e. The summed E-state index contributed by atoms with van der Waals surface area (Å²) in [6, 6.07) is 0.458. The Morgan fingerprint density at radius 1 is 0.952 bits per heavy atom. The van der Waals surface area contributed by atoms with Gasteiger partial charge in [0.1, 0.15) is 0 Å². The Labute approximate surface area is 127 Å². The number of aliphatic carboxylic acids is 1. The van der Waals surface area contributed by atoms with E-state index >= 15 is 0 Å². The van der Waals surface area contributed by atoms with Crippen molar-refractivity contribution in [2.75, 3.05) is 6.54 Å². The van der Waals surface area contributed by atoms with E-state index in [9.17, 15) is 9.59 Å². The highest BCUT2D eigenvalue weighted by Crippen LogP contribution is 2.32. The van der Waals surface area contributed by atoms with Gasteiger partial charge in [-0.2, -0.15) is 0 Å². The molecule has 1 N–H and O–H groups in total. The molecule has 1 saturated carbocycles. The molecule has 0 radical (unpaired) electrons. The molecule has 0 aromatic carbocycles. The van der Waals surface area contributed by atoms with Crippen molar-refractivity contribution >= 4 is 11.9 Å². The van der Waals surface area contributed by atoms with E-state index in [0.29, 0.717) is 25.3 Å².